The van der Waals surface area contributed by atoms with Gasteiger partial charge >= 0.3 is 5.97 Å². The molecule has 0 amide bonds. The third kappa shape index (κ3) is 2.79. The van der Waals surface area contributed by atoms with Crippen molar-refractivity contribution >= 4 is 27.3 Å². The maximum atomic E-state index is 11.6. The van der Waals surface area contributed by atoms with Crippen LogP contribution in [0.15, 0.2) is 16.3 Å². The van der Waals surface area contributed by atoms with Gasteiger partial charge in [0.1, 0.15) is 21.2 Å². The molecule has 0 fully saturated rings. The molecule has 1 rings (SSSR count). The lowest BCUT2D eigenvalue weighted by Crippen LogP contribution is -2.37. The van der Waals surface area contributed by atoms with E-state index in [2.05, 4.69) is 0 Å². The number of hydrogen-bond acceptors (Lipinski definition) is 5. The first kappa shape index (κ1) is 12.6. The maximum absolute atomic E-state index is 11.6. The predicted octanol–water partition coefficient (Wildman–Crippen LogP) is 0.371. The van der Waals surface area contributed by atoms with E-state index in [1.807, 2.05) is 4.72 Å². The van der Waals surface area contributed by atoms with Gasteiger partial charge in [-0.15, -0.1) is 11.3 Å². The number of nitriles is 1. The smallest absolute Gasteiger partial charge is 0.321 e. The van der Waals surface area contributed by atoms with E-state index in [1.54, 1.807) is 6.07 Å². The van der Waals surface area contributed by atoms with E-state index >= 15 is 0 Å². The molecule has 0 saturated heterocycles. The van der Waals surface area contributed by atoms with Gasteiger partial charge in [0.2, 0.25) is 0 Å². The zero-order valence-corrected chi connectivity index (χ0v) is 9.80. The molecule has 6 nitrogen and oxygen atoms in total. The molecule has 0 saturated carbocycles. The molecule has 0 aliphatic carbocycles. The van der Waals surface area contributed by atoms with Crippen LogP contribution in [0.5, 0.6) is 0 Å². The van der Waals surface area contributed by atoms with Crippen LogP contribution in [0.3, 0.4) is 0 Å². The monoisotopic (exact) mass is 260 g/mol. The highest BCUT2D eigenvalue weighted by atomic mass is 32.2. The number of carboxylic acids is 1. The third-order valence-corrected chi connectivity index (χ3v) is 4.68. The summed E-state index contributed by atoms with van der Waals surface area (Å²) >= 11 is 0.789. The number of sulfonamides is 1. The molecule has 0 spiro atoms. The normalized spacial score (nSPS) is 13.0. The van der Waals surface area contributed by atoms with Gasteiger partial charge < -0.3 is 5.11 Å². The lowest BCUT2D eigenvalue weighted by Gasteiger charge is -2.07. The Kier molecular flexibility index (Phi) is 3.64. The van der Waals surface area contributed by atoms with Crippen molar-refractivity contribution in [3.05, 3.63) is 17.0 Å². The van der Waals surface area contributed by atoms with Gasteiger partial charge in [-0.1, -0.05) is 0 Å². The van der Waals surface area contributed by atoms with Crippen LogP contribution in [0.2, 0.25) is 0 Å². The standard InChI is InChI=1S/C8H8N2O4S2/c1-5(8(11)12)10-16(13,14)7-3-2-6(4-9)15-7/h2-3,5,10H,1H3,(H,11,12). The Morgan fingerprint density at radius 2 is 2.25 bits per heavy atom. The minimum absolute atomic E-state index is 0.0721. The van der Waals surface area contributed by atoms with Gasteiger partial charge in [0.25, 0.3) is 10.0 Å². The quantitative estimate of drug-likeness (QED) is 0.813. The third-order valence-electron chi connectivity index (χ3n) is 1.66. The summed E-state index contributed by atoms with van der Waals surface area (Å²) in [6.45, 7) is 1.22. The topological polar surface area (TPSA) is 107 Å². The van der Waals surface area contributed by atoms with Crippen LogP contribution in [0.4, 0.5) is 0 Å². The molecule has 0 aliphatic rings. The van der Waals surface area contributed by atoms with Crippen molar-refractivity contribution in [3.63, 3.8) is 0 Å². The molecule has 1 aromatic rings. The summed E-state index contributed by atoms with van der Waals surface area (Å²) in [5.41, 5.74) is 0. The summed E-state index contributed by atoms with van der Waals surface area (Å²) < 4.78 is 25.1. The molecular weight excluding hydrogens is 252 g/mol. The average molecular weight is 260 g/mol. The number of hydrogen-bond donors (Lipinski definition) is 2. The van der Waals surface area contributed by atoms with E-state index in [1.165, 1.54) is 19.1 Å². The Bertz CT molecular complexity index is 541. The Balaban J connectivity index is 2.95. The van der Waals surface area contributed by atoms with Crippen molar-refractivity contribution < 1.29 is 18.3 Å². The number of carbonyl (C=O) groups is 1. The molecule has 0 aliphatic heterocycles. The molecule has 0 aromatic carbocycles. The number of aliphatic carboxylic acids is 1. The van der Waals surface area contributed by atoms with E-state index in [4.69, 9.17) is 10.4 Å². The summed E-state index contributed by atoms with van der Waals surface area (Å²) in [7, 11) is -3.86. The number of carboxylic acid groups (broad SMARTS) is 1. The van der Waals surface area contributed by atoms with E-state index < -0.39 is 22.0 Å². The van der Waals surface area contributed by atoms with Crippen molar-refractivity contribution in [3.8, 4) is 6.07 Å². The Morgan fingerprint density at radius 3 is 2.69 bits per heavy atom. The minimum atomic E-state index is -3.86. The summed E-state index contributed by atoms with van der Waals surface area (Å²) in [6, 6.07) is 3.22. The molecule has 16 heavy (non-hydrogen) atoms. The second-order valence-corrected chi connectivity index (χ2v) is 5.94. The van der Waals surface area contributed by atoms with Crippen molar-refractivity contribution in [2.24, 2.45) is 0 Å². The van der Waals surface area contributed by atoms with Gasteiger partial charge in [-0.25, -0.2) is 8.42 Å². The first-order valence-electron chi connectivity index (χ1n) is 4.12. The lowest BCUT2D eigenvalue weighted by molar-refractivity contribution is -0.138. The fraction of sp³-hybridized carbons (Fsp3) is 0.250. The van der Waals surface area contributed by atoms with Crippen molar-refractivity contribution in [1.29, 1.82) is 5.26 Å². The summed E-state index contributed by atoms with van der Waals surface area (Å²) in [4.78, 5) is 10.7. The largest absolute Gasteiger partial charge is 0.480 e. The summed E-state index contributed by atoms with van der Waals surface area (Å²) in [5.74, 6) is -1.26. The molecule has 1 heterocycles. The van der Waals surface area contributed by atoms with Crippen LogP contribution in [-0.4, -0.2) is 25.5 Å². The Labute approximate surface area is 96.2 Å². The van der Waals surface area contributed by atoms with Gasteiger partial charge in [-0.3, -0.25) is 4.79 Å². The van der Waals surface area contributed by atoms with Gasteiger partial charge in [-0.05, 0) is 19.1 Å². The van der Waals surface area contributed by atoms with Crippen LogP contribution in [0.25, 0.3) is 0 Å². The van der Waals surface area contributed by atoms with Gasteiger partial charge in [0.05, 0.1) is 0 Å². The minimum Gasteiger partial charge on any atom is -0.480 e. The highest BCUT2D eigenvalue weighted by molar-refractivity contribution is 7.91. The Morgan fingerprint density at radius 1 is 1.62 bits per heavy atom. The van der Waals surface area contributed by atoms with Gasteiger partial charge in [0, 0.05) is 0 Å². The van der Waals surface area contributed by atoms with E-state index in [0.29, 0.717) is 0 Å². The highest BCUT2D eigenvalue weighted by Crippen LogP contribution is 2.20. The van der Waals surface area contributed by atoms with Crippen molar-refractivity contribution in [2.75, 3.05) is 0 Å². The number of rotatable bonds is 4. The molecule has 0 radical (unpaired) electrons. The second kappa shape index (κ2) is 4.61. The highest BCUT2D eigenvalue weighted by Gasteiger charge is 2.22. The zero-order valence-electron chi connectivity index (χ0n) is 8.17. The van der Waals surface area contributed by atoms with E-state index in [9.17, 15) is 13.2 Å². The zero-order chi connectivity index (χ0) is 12.3. The average Bonchev–Trinajstić information content (AvgIpc) is 2.65. The fourth-order valence-electron chi connectivity index (χ4n) is 0.866. The molecular formula is C8H8N2O4S2. The summed E-state index contributed by atoms with van der Waals surface area (Å²) in [6.07, 6.45) is 0. The molecule has 1 aromatic heterocycles. The number of nitrogens with one attached hydrogen (secondary N) is 1. The number of thiophene rings is 1. The second-order valence-electron chi connectivity index (χ2n) is 2.91. The predicted molar refractivity (Wildman–Crippen MR) is 56.5 cm³/mol. The van der Waals surface area contributed by atoms with Crippen LogP contribution in [0.1, 0.15) is 11.8 Å². The number of nitrogens with zero attached hydrogens (tertiary/aromatic N) is 1. The van der Waals surface area contributed by atoms with Crippen molar-refractivity contribution in [1.82, 2.24) is 4.72 Å². The van der Waals surface area contributed by atoms with E-state index in [0.717, 1.165) is 11.3 Å². The van der Waals surface area contributed by atoms with Crippen LogP contribution >= 0.6 is 11.3 Å². The maximum Gasteiger partial charge on any atom is 0.321 e. The van der Waals surface area contributed by atoms with Gasteiger partial charge in [0.15, 0.2) is 0 Å². The van der Waals surface area contributed by atoms with Crippen molar-refractivity contribution in [2.45, 2.75) is 17.2 Å². The molecule has 0 bridgehead atoms. The molecule has 2 N–H and O–H groups in total. The van der Waals surface area contributed by atoms with Crippen LogP contribution in [-0.2, 0) is 14.8 Å². The SMILES string of the molecule is CC(NS(=O)(=O)c1ccc(C#N)s1)C(=O)O. The molecule has 86 valence electrons. The summed E-state index contributed by atoms with van der Waals surface area (Å²) in [5, 5.41) is 17.1. The molecule has 8 heteroatoms. The van der Waals surface area contributed by atoms with E-state index in [-0.39, 0.29) is 9.09 Å². The Hall–Kier alpha value is -1.43. The van der Waals surface area contributed by atoms with Gasteiger partial charge in [-0.2, -0.15) is 9.98 Å². The molecule has 1 atom stereocenters. The van der Waals surface area contributed by atoms with Crippen LogP contribution < -0.4 is 4.72 Å². The first-order chi connectivity index (χ1) is 7.36. The lowest BCUT2D eigenvalue weighted by atomic mass is 10.4. The fourth-order valence-corrected chi connectivity index (χ4v) is 3.18. The first-order valence-corrected chi connectivity index (χ1v) is 6.42. The molecule has 1 unspecified atom stereocenters. The van der Waals surface area contributed by atoms with Crippen LogP contribution in [0, 0.1) is 11.3 Å².